The molecule has 3 aromatic carbocycles. The van der Waals surface area contributed by atoms with E-state index in [-0.39, 0.29) is 24.9 Å². The van der Waals surface area contributed by atoms with Gasteiger partial charge in [0.2, 0.25) is 17.7 Å². The zero-order valence-corrected chi connectivity index (χ0v) is 24.7. The Bertz CT molecular complexity index is 1820. The number of carbonyl (C=O) groups excluding carboxylic acids is 3. The number of aromatic amines is 1. The molecule has 10 nitrogen and oxygen atoms in total. The molecule has 1 atom stereocenters. The molecule has 0 radical (unpaired) electrons. The zero-order chi connectivity index (χ0) is 30.8. The van der Waals surface area contributed by atoms with Crippen LogP contribution in [0.1, 0.15) is 19.5 Å². The Hall–Kier alpha value is -5.51. The second-order valence-corrected chi connectivity index (χ2v) is 10.8. The van der Waals surface area contributed by atoms with Crippen molar-refractivity contribution in [2.45, 2.75) is 26.3 Å². The van der Waals surface area contributed by atoms with Gasteiger partial charge in [0.15, 0.2) is 0 Å². The molecule has 6 rings (SSSR count). The van der Waals surface area contributed by atoms with Gasteiger partial charge < -0.3 is 14.5 Å². The summed E-state index contributed by atoms with van der Waals surface area (Å²) in [5.41, 5.74) is 3.55. The third-order valence-corrected chi connectivity index (χ3v) is 7.78. The standard InChI is InChI=1S/C34H32N6O4/c1-22(2)39(23-14-16-25(44-3)17-15-23)32(41)21-38-30-12-6-7-13-31(30)40(24-9-8-18-35-20-24)34(43)27(33(38)42)19-29-26-10-4-5-11-28(26)36-37-29/h4-18,20,22,27H,19,21H2,1-3H3,(H,36,37). The number of carbonyl (C=O) groups is 3. The summed E-state index contributed by atoms with van der Waals surface area (Å²) in [6.45, 7) is 3.56. The van der Waals surface area contributed by atoms with Gasteiger partial charge in [0.05, 0.1) is 35.9 Å². The lowest BCUT2D eigenvalue weighted by molar-refractivity contribution is -0.132. The fourth-order valence-electron chi connectivity index (χ4n) is 5.72. The van der Waals surface area contributed by atoms with E-state index in [0.29, 0.717) is 34.2 Å². The molecule has 222 valence electrons. The zero-order valence-electron chi connectivity index (χ0n) is 24.7. The van der Waals surface area contributed by atoms with Crippen LogP contribution in [0.25, 0.3) is 10.9 Å². The highest BCUT2D eigenvalue weighted by atomic mass is 16.5. The Morgan fingerprint density at radius 1 is 0.932 bits per heavy atom. The normalized spacial score (nSPS) is 15.0. The minimum Gasteiger partial charge on any atom is -0.497 e. The van der Waals surface area contributed by atoms with Crippen molar-refractivity contribution in [2.75, 3.05) is 28.4 Å². The van der Waals surface area contributed by atoms with E-state index < -0.39 is 17.7 Å². The fourth-order valence-corrected chi connectivity index (χ4v) is 5.72. The third kappa shape index (κ3) is 5.26. The van der Waals surface area contributed by atoms with Gasteiger partial charge in [-0.15, -0.1) is 0 Å². The van der Waals surface area contributed by atoms with Crippen molar-refractivity contribution >= 4 is 51.4 Å². The van der Waals surface area contributed by atoms with Gasteiger partial charge in [0, 0.05) is 35.4 Å². The average molecular weight is 589 g/mol. The van der Waals surface area contributed by atoms with Gasteiger partial charge in [-0.2, -0.15) is 5.10 Å². The lowest BCUT2D eigenvalue weighted by atomic mass is 9.98. The molecule has 44 heavy (non-hydrogen) atoms. The molecule has 2 aromatic heterocycles. The predicted molar refractivity (Wildman–Crippen MR) is 169 cm³/mol. The average Bonchev–Trinajstić information content (AvgIpc) is 3.43. The molecular weight excluding hydrogens is 556 g/mol. The second-order valence-electron chi connectivity index (χ2n) is 10.8. The molecule has 1 N–H and O–H groups in total. The number of hydrogen-bond acceptors (Lipinski definition) is 6. The van der Waals surface area contributed by atoms with Gasteiger partial charge in [0.25, 0.3) is 0 Å². The largest absolute Gasteiger partial charge is 0.497 e. The number of aromatic nitrogens is 3. The summed E-state index contributed by atoms with van der Waals surface area (Å²) >= 11 is 0. The molecule has 10 heteroatoms. The Kier molecular flexibility index (Phi) is 7.80. The van der Waals surface area contributed by atoms with Gasteiger partial charge in [-0.1, -0.05) is 30.3 Å². The van der Waals surface area contributed by atoms with Crippen LogP contribution < -0.4 is 19.4 Å². The van der Waals surface area contributed by atoms with E-state index >= 15 is 0 Å². The first kappa shape index (κ1) is 28.6. The van der Waals surface area contributed by atoms with Crippen molar-refractivity contribution in [1.82, 2.24) is 15.2 Å². The maximum atomic E-state index is 14.5. The maximum Gasteiger partial charge on any atom is 0.247 e. The van der Waals surface area contributed by atoms with Crippen molar-refractivity contribution in [3.05, 3.63) is 103 Å². The molecule has 5 aromatic rings. The lowest BCUT2D eigenvalue weighted by Gasteiger charge is -2.31. The van der Waals surface area contributed by atoms with E-state index in [2.05, 4.69) is 15.2 Å². The lowest BCUT2D eigenvalue weighted by Crippen LogP contribution is -2.48. The molecule has 1 unspecified atom stereocenters. The summed E-state index contributed by atoms with van der Waals surface area (Å²) in [7, 11) is 1.58. The number of ether oxygens (including phenoxy) is 1. The SMILES string of the molecule is COc1ccc(N(C(=O)CN2C(=O)C(Cc3[nH]nc4ccccc34)C(=O)N(c3cccnc3)c3ccccc32)C(C)C)cc1. The Balaban J connectivity index is 1.44. The van der Waals surface area contributed by atoms with Gasteiger partial charge in [-0.05, 0) is 68.4 Å². The van der Waals surface area contributed by atoms with Crippen LogP contribution in [0.5, 0.6) is 5.75 Å². The summed E-state index contributed by atoms with van der Waals surface area (Å²) in [6.07, 6.45) is 3.29. The molecule has 1 aliphatic rings. The smallest absolute Gasteiger partial charge is 0.247 e. The van der Waals surface area contributed by atoms with Crippen LogP contribution >= 0.6 is 0 Å². The number of H-pyrrole nitrogens is 1. The van der Waals surface area contributed by atoms with Gasteiger partial charge >= 0.3 is 0 Å². The number of benzene rings is 3. The second kappa shape index (κ2) is 12.0. The minimum atomic E-state index is -1.15. The number of amides is 3. The van der Waals surface area contributed by atoms with Crippen molar-refractivity contribution in [3.63, 3.8) is 0 Å². The van der Waals surface area contributed by atoms with E-state index in [9.17, 15) is 14.4 Å². The van der Waals surface area contributed by atoms with Crippen LogP contribution in [0.15, 0.2) is 97.3 Å². The summed E-state index contributed by atoms with van der Waals surface area (Å²) in [4.78, 5) is 51.9. The molecule has 3 amide bonds. The molecular formula is C34H32N6O4. The summed E-state index contributed by atoms with van der Waals surface area (Å²) in [5, 5.41) is 8.23. The van der Waals surface area contributed by atoms with Crippen LogP contribution in [0.3, 0.4) is 0 Å². The first-order chi connectivity index (χ1) is 21.4. The molecule has 0 spiro atoms. The van der Waals surface area contributed by atoms with E-state index in [1.165, 1.54) is 9.80 Å². The molecule has 3 heterocycles. The summed E-state index contributed by atoms with van der Waals surface area (Å²) < 4.78 is 5.29. The molecule has 1 aliphatic heterocycles. The fraction of sp³-hybridized carbons (Fsp3) is 0.206. The molecule has 0 saturated heterocycles. The monoisotopic (exact) mass is 588 g/mol. The number of para-hydroxylation sites is 3. The van der Waals surface area contributed by atoms with Crippen LogP contribution in [-0.4, -0.2) is 52.6 Å². The van der Waals surface area contributed by atoms with Crippen molar-refractivity contribution < 1.29 is 19.1 Å². The number of rotatable bonds is 8. The number of nitrogens with one attached hydrogen (secondary N) is 1. The van der Waals surface area contributed by atoms with Crippen molar-refractivity contribution in [3.8, 4) is 5.75 Å². The van der Waals surface area contributed by atoms with Crippen LogP contribution in [-0.2, 0) is 20.8 Å². The van der Waals surface area contributed by atoms with E-state index in [1.54, 1.807) is 72.9 Å². The molecule has 0 bridgehead atoms. The van der Waals surface area contributed by atoms with E-state index in [4.69, 9.17) is 4.74 Å². The van der Waals surface area contributed by atoms with Crippen LogP contribution in [0.2, 0.25) is 0 Å². The summed E-state index contributed by atoms with van der Waals surface area (Å²) in [5.74, 6) is -1.65. The Morgan fingerprint density at radius 2 is 1.66 bits per heavy atom. The predicted octanol–water partition coefficient (Wildman–Crippen LogP) is 5.28. The number of methoxy groups -OCH3 is 1. The Labute approximate surface area is 254 Å². The van der Waals surface area contributed by atoms with E-state index in [0.717, 1.165) is 10.9 Å². The van der Waals surface area contributed by atoms with Crippen molar-refractivity contribution in [2.24, 2.45) is 5.92 Å². The number of hydrogen-bond donors (Lipinski definition) is 1. The van der Waals surface area contributed by atoms with Gasteiger partial charge in [0.1, 0.15) is 18.2 Å². The highest BCUT2D eigenvalue weighted by molar-refractivity contribution is 6.21. The van der Waals surface area contributed by atoms with Crippen LogP contribution in [0.4, 0.5) is 22.7 Å². The van der Waals surface area contributed by atoms with Crippen molar-refractivity contribution in [1.29, 1.82) is 0 Å². The summed E-state index contributed by atoms with van der Waals surface area (Å²) in [6, 6.07) is 25.2. The molecule has 0 aliphatic carbocycles. The topological polar surface area (TPSA) is 112 Å². The van der Waals surface area contributed by atoms with Gasteiger partial charge in [-0.25, -0.2) is 0 Å². The number of nitrogens with zero attached hydrogens (tertiary/aromatic N) is 5. The highest BCUT2D eigenvalue weighted by Gasteiger charge is 2.42. The van der Waals surface area contributed by atoms with Crippen LogP contribution in [0, 0.1) is 5.92 Å². The maximum absolute atomic E-state index is 14.5. The first-order valence-corrected chi connectivity index (χ1v) is 14.4. The Morgan fingerprint density at radius 3 is 2.36 bits per heavy atom. The number of anilines is 4. The van der Waals surface area contributed by atoms with E-state index in [1.807, 2.05) is 50.2 Å². The van der Waals surface area contributed by atoms with Gasteiger partial charge in [-0.3, -0.25) is 29.4 Å². The molecule has 0 saturated carbocycles. The third-order valence-electron chi connectivity index (χ3n) is 7.78. The quantitative estimate of drug-likeness (QED) is 0.247. The first-order valence-electron chi connectivity index (χ1n) is 14.4. The molecule has 0 fully saturated rings. The number of fused-ring (bicyclic) bond motifs is 2. The number of pyridine rings is 1. The minimum absolute atomic E-state index is 0.0694. The highest BCUT2D eigenvalue weighted by Crippen LogP contribution is 2.40.